The first-order valence-corrected chi connectivity index (χ1v) is 18.6. The summed E-state index contributed by atoms with van der Waals surface area (Å²) in [6.45, 7) is 15.7. The number of rotatable bonds is 7. The van der Waals surface area contributed by atoms with E-state index >= 15 is 0 Å². The molecule has 19 atom stereocenters. The van der Waals surface area contributed by atoms with Gasteiger partial charge in [0, 0.05) is 30.9 Å². The SMILES string of the molecule is CC[C@H]1OC(=O)[C@H](C)[C@@H](O[C@@H]2O[C@@H](C)[C@H](O)[C@](C)(OC)C2O)[C@H](C)[C@@H](O[C@@H]2O[C@H](C)C[C@H](N(C)C)[C@H]2O)[C@](C)(O)C[C@@H](C)C(=O)[C@H](C)[C@@H](O)[C@]1(C)O. The molecule has 0 radical (unpaired) electrons. The largest absolute Gasteiger partial charge is 0.459 e. The van der Waals surface area contributed by atoms with Crippen LogP contribution in [0.3, 0.4) is 0 Å². The van der Waals surface area contributed by atoms with Gasteiger partial charge in [-0.25, -0.2) is 0 Å². The van der Waals surface area contributed by atoms with Crippen molar-refractivity contribution >= 4 is 11.8 Å². The Morgan fingerprint density at radius 1 is 0.846 bits per heavy atom. The lowest BCUT2D eigenvalue weighted by atomic mass is 9.74. The van der Waals surface area contributed by atoms with Gasteiger partial charge < -0.3 is 64.0 Å². The standard InChI is InChI=1S/C37H67NO14/c1-14-24-36(9,46)28(41)19(4)25(39)17(2)16-35(8,45)31(52-33-26(40)23(38(11)12)15-18(3)48-33)20(5)27(21(6)32(44)50-24)51-34-30(43)37(10,47-13)29(42)22(7)49-34/h17-24,26-31,33-34,40-43,45-46H,14-16H2,1-13H3/t17-,18-,19+,20+,21-,22+,23+,24-,26-,27+,28-,29+,30?,31-,33+,34+,35-,36-,37+/m1/s1. The van der Waals surface area contributed by atoms with Crippen LogP contribution in [-0.2, 0) is 38.0 Å². The van der Waals surface area contributed by atoms with E-state index in [1.165, 1.54) is 41.7 Å². The second kappa shape index (κ2) is 17.2. The zero-order chi connectivity index (χ0) is 39.8. The molecule has 0 spiro atoms. The van der Waals surface area contributed by atoms with Gasteiger partial charge in [0.05, 0.1) is 42.0 Å². The second-order valence-electron chi connectivity index (χ2n) is 16.5. The third kappa shape index (κ3) is 9.03. The highest BCUT2D eigenvalue weighted by atomic mass is 16.7. The van der Waals surface area contributed by atoms with Crippen molar-refractivity contribution in [2.75, 3.05) is 21.2 Å². The van der Waals surface area contributed by atoms with Gasteiger partial charge in [-0.15, -0.1) is 0 Å². The number of hydrogen-bond acceptors (Lipinski definition) is 15. The number of ketones is 1. The van der Waals surface area contributed by atoms with E-state index in [1.807, 2.05) is 25.9 Å². The Kier molecular flexibility index (Phi) is 14.9. The van der Waals surface area contributed by atoms with Crippen LogP contribution in [0.5, 0.6) is 0 Å². The Hall–Kier alpha value is -1.34. The number of aliphatic hydroxyl groups is 6. The van der Waals surface area contributed by atoms with Crippen molar-refractivity contribution in [2.45, 2.75) is 179 Å². The maximum absolute atomic E-state index is 14.1. The number of hydrogen-bond donors (Lipinski definition) is 6. The highest BCUT2D eigenvalue weighted by Gasteiger charge is 2.56. The summed E-state index contributed by atoms with van der Waals surface area (Å²) in [6.07, 6.45) is -12.9. The van der Waals surface area contributed by atoms with Crippen LogP contribution in [0, 0.1) is 23.7 Å². The van der Waals surface area contributed by atoms with Crippen molar-refractivity contribution in [1.82, 2.24) is 4.90 Å². The first-order chi connectivity index (χ1) is 23.9. The molecule has 15 nitrogen and oxygen atoms in total. The average Bonchev–Trinajstić information content (AvgIpc) is 3.07. The summed E-state index contributed by atoms with van der Waals surface area (Å²) in [5.74, 6) is -5.42. The van der Waals surface area contributed by atoms with E-state index < -0.39 is 114 Å². The topological polar surface area (TPSA) is 214 Å². The molecule has 15 heteroatoms. The minimum Gasteiger partial charge on any atom is -0.459 e. The average molecular weight is 750 g/mol. The Bertz CT molecular complexity index is 1200. The van der Waals surface area contributed by atoms with E-state index in [4.69, 9.17) is 28.4 Å². The minimum absolute atomic E-state index is 0.0920. The Morgan fingerprint density at radius 2 is 1.44 bits per heavy atom. The predicted octanol–water partition coefficient (Wildman–Crippen LogP) is 0.756. The first kappa shape index (κ1) is 45.1. The number of carbonyl (C=O) groups excluding carboxylic acids is 2. The van der Waals surface area contributed by atoms with Crippen LogP contribution in [-0.4, -0.2) is 159 Å². The molecule has 3 rings (SSSR count). The van der Waals surface area contributed by atoms with Crippen LogP contribution in [0.2, 0.25) is 0 Å². The highest BCUT2D eigenvalue weighted by Crippen LogP contribution is 2.41. The molecule has 0 bridgehead atoms. The summed E-state index contributed by atoms with van der Waals surface area (Å²) in [6, 6.07) is -0.361. The number of esters is 1. The van der Waals surface area contributed by atoms with Crippen LogP contribution in [0.1, 0.15) is 88.5 Å². The number of ether oxygens (including phenoxy) is 6. The molecule has 0 saturated carbocycles. The quantitative estimate of drug-likeness (QED) is 0.198. The molecular weight excluding hydrogens is 682 g/mol. The van der Waals surface area contributed by atoms with E-state index in [0.717, 1.165) is 0 Å². The molecule has 3 aliphatic rings. The minimum atomic E-state index is -2.04. The normalized spacial score (nSPS) is 50.5. The highest BCUT2D eigenvalue weighted by molar-refractivity contribution is 5.83. The Morgan fingerprint density at radius 3 is 1.98 bits per heavy atom. The third-order valence-electron chi connectivity index (χ3n) is 12.0. The first-order valence-electron chi connectivity index (χ1n) is 18.6. The summed E-state index contributed by atoms with van der Waals surface area (Å²) in [7, 11) is 4.98. The molecule has 0 amide bonds. The lowest BCUT2D eigenvalue weighted by molar-refractivity contribution is -0.347. The molecule has 0 aliphatic carbocycles. The molecule has 0 aromatic carbocycles. The fraction of sp³-hybridized carbons (Fsp3) is 0.946. The van der Waals surface area contributed by atoms with E-state index in [1.54, 1.807) is 27.7 Å². The summed E-state index contributed by atoms with van der Waals surface area (Å²) < 4.78 is 36.5. The van der Waals surface area contributed by atoms with Crippen molar-refractivity contribution in [3.05, 3.63) is 0 Å². The van der Waals surface area contributed by atoms with Crippen LogP contribution < -0.4 is 0 Å². The van der Waals surface area contributed by atoms with Gasteiger partial charge in [0.15, 0.2) is 12.6 Å². The molecule has 3 saturated heterocycles. The molecule has 304 valence electrons. The van der Waals surface area contributed by atoms with Crippen LogP contribution in [0.4, 0.5) is 0 Å². The molecule has 0 aromatic heterocycles. The van der Waals surface area contributed by atoms with Crippen molar-refractivity contribution in [3.63, 3.8) is 0 Å². The van der Waals surface area contributed by atoms with E-state index in [-0.39, 0.29) is 25.0 Å². The van der Waals surface area contributed by atoms with Crippen LogP contribution in [0.25, 0.3) is 0 Å². The monoisotopic (exact) mass is 749 g/mol. The van der Waals surface area contributed by atoms with E-state index in [9.17, 15) is 40.2 Å². The van der Waals surface area contributed by atoms with Crippen LogP contribution >= 0.6 is 0 Å². The lowest BCUT2D eigenvalue weighted by Gasteiger charge is -2.50. The van der Waals surface area contributed by atoms with Gasteiger partial charge in [0.25, 0.3) is 0 Å². The van der Waals surface area contributed by atoms with Crippen molar-refractivity contribution in [3.8, 4) is 0 Å². The van der Waals surface area contributed by atoms with Crippen molar-refractivity contribution in [1.29, 1.82) is 0 Å². The van der Waals surface area contributed by atoms with Gasteiger partial charge in [-0.1, -0.05) is 27.7 Å². The second-order valence-corrected chi connectivity index (χ2v) is 16.5. The summed E-state index contributed by atoms with van der Waals surface area (Å²) >= 11 is 0. The number of Topliss-reactive ketones (excluding diaryl/α,β-unsaturated/α-hetero) is 1. The molecular formula is C37H67NO14. The van der Waals surface area contributed by atoms with E-state index in [2.05, 4.69) is 0 Å². The molecule has 3 aliphatic heterocycles. The summed E-state index contributed by atoms with van der Waals surface area (Å²) in [5.41, 5.74) is -5.44. The number of cyclic esters (lactones) is 1. The molecule has 3 heterocycles. The fourth-order valence-corrected chi connectivity index (χ4v) is 8.42. The summed E-state index contributed by atoms with van der Waals surface area (Å²) in [4.78, 5) is 29.8. The molecule has 3 fully saturated rings. The van der Waals surface area contributed by atoms with Crippen molar-refractivity contribution in [2.24, 2.45) is 23.7 Å². The maximum atomic E-state index is 14.1. The molecule has 0 aromatic rings. The molecule has 1 unspecified atom stereocenters. The van der Waals surface area contributed by atoms with Gasteiger partial charge in [-0.3, -0.25) is 9.59 Å². The maximum Gasteiger partial charge on any atom is 0.311 e. The van der Waals surface area contributed by atoms with Gasteiger partial charge in [-0.2, -0.15) is 0 Å². The van der Waals surface area contributed by atoms with Gasteiger partial charge >= 0.3 is 5.97 Å². The smallest absolute Gasteiger partial charge is 0.311 e. The molecule has 6 N–H and O–H groups in total. The number of methoxy groups -OCH3 is 1. The zero-order valence-electron chi connectivity index (χ0n) is 33.3. The molecule has 52 heavy (non-hydrogen) atoms. The Balaban J connectivity index is 2.22. The lowest BCUT2D eigenvalue weighted by Crippen LogP contribution is -2.66. The predicted molar refractivity (Wildman–Crippen MR) is 188 cm³/mol. The number of aliphatic hydroxyl groups excluding tert-OH is 4. The van der Waals surface area contributed by atoms with Gasteiger partial charge in [0.1, 0.15) is 41.4 Å². The van der Waals surface area contributed by atoms with Crippen LogP contribution in [0.15, 0.2) is 0 Å². The van der Waals surface area contributed by atoms with Gasteiger partial charge in [-0.05, 0) is 74.9 Å². The Labute approximate surface area is 308 Å². The third-order valence-corrected chi connectivity index (χ3v) is 12.0. The number of nitrogens with zero attached hydrogens (tertiary/aromatic N) is 1. The van der Waals surface area contributed by atoms with Gasteiger partial charge in [0.2, 0.25) is 0 Å². The summed E-state index contributed by atoms with van der Waals surface area (Å²) in [5, 5.41) is 69.1. The fourth-order valence-electron chi connectivity index (χ4n) is 8.42. The van der Waals surface area contributed by atoms with E-state index in [0.29, 0.717) is 6.42 Å². The zero-order valence-corrected chi connectivity index (χ0v) is 33.3. The van der Waals surface area contributed by atoms with Crippen molar-refractivity contribution < 1.29 is 68.6 Å². The number of likely N-dealkylation sites (N-methyl/N-ethyl adjacent to an activating group) is 1. The number of carbonyl (C=O) groups is 2.